The number of rotatable bonds is 4. The fraction of sp³-hybridized carbons (Fsp3) is 0.727. The van der Waals surface area contributed by atoms with Crippen LogP contribution in [0.3, 0.4) is 0 Å². The van der Waals surface area contributed by atoms with Crippen LogP contribution in [0.4, 0.5) is 4.79 Å². The number of carbonyl (C=O) groups excluding carboxylic acids is 1. The molecule has 1 N–H and O–H groups in total. The van der Waals surface area contributed by atoms with Gasteiger partial charge in [-0.15, -0.1) is 0 Å². The lowest BCUT2D eigenvalue weighted by Crippen LogP contribution is -2.40. The number of methoxy groups -OCH3 is 1. The van der Waals surface area contributed by atoms with E-state index in [-0.39, 0.29) is 6.04 Å². The zero-order chi connectivity index (χ0) is 11.9. The van der Waals surface area contributed by atoms with Gasteiger partial charge in [-0.05, 0) is 27.7 Å². The molecule has 0 heterocycles. The van der Waals surface area contributed by atoms with Gasteiger partial charge >= 0.3 is 6.09 Å². The summed E-state index contributed by atoms with van der Waals surface area (Å²) in [6.07, 6.45) is 3.29. The van der Waals surface area contributed by atoms with E-state index in [2.05, 4.69) is 5.32 Å². The maximum atomic E-state index is 11.4. The van der Waals surface area contributed by atoms with Gasteiger partial charge in [0.15, 0.2) is 0 Å². The highest BCUT2D eigenvalue weighted by Gasteiger charge is 2.17. The number of nitrogens with one attached hydrogen (secondary N) is 1. The molecule has 0 aliphatic carbocycles. The molecule has 0 spiro atoms. The summed E-state index contributed by atoms with van der Waals surface area (Å²) in [5.41, 5.74) is -0.475. The van der Waals surface area contributed by atoms with Crippen LogP contribution in [0.25, 0.3) is 0 Å². The second kappa shape index (κ2) is 6.45. The third-order valence-corrected chi connectivity index (χ3v) is 1.47. The van der Waals surface area contributed by atoms with Gasteiger partial charge in [0.25, 0.3) is 0 Å². The first-order valence-corrected chi connectivity index (χ1v) is 5.00. The average Bonchev–Trinajstić information content (AvgIpc) is 2.00. The molecule has 1 atom stereocenters. The Hall–Kier alpha value is -1.03. The molecule has 0 radical (unpaired) electrons. The van der Waals surface area contributed by atoms with Crippen molar-refractivity contribution in [3.05, 3.63) is 12.2 Å². The van der Waals surface area contributed by atoms with Gasteiger partial charge in [0, 0.05) is 7.11 Å². The molecule has 0 fully saturated rings. The van der Waals surface area contributed by atoms with Crippen molar-refractivity contribution < 1.29 is 14.3 Å². The van der Waals surface area contributed by atoms with Crippen molar-refractivity contribution in [1.29, 1.82) is 0 Å². The molecule has 0 bridgehead atoms. The van der Waals surface area contributed by atoms with E-state index in [9.17, 15) is 4.79 Å². The normalized spacial score (nSPS) is 13.9. The van der Waals surface area contributed by atoms with Crippen molar-refractivity contribution in [2.75, 3.05) is 13.7 Å². The molecule has 0 aliphatic rings. The summed E-state index contributed by atoms with van der Waals surface area (Å²) in [5.74, 6) is 0. The van der Waals surface area contributed by atoms with E-state index in [1.807, 2.05) is 39.8 Å². The van der Waals surface area contributed by atoms with E-state index in [0.717, 1.165) is 0 Å². The minimum atomic E-state index is -0.475. The Morgan fingerprint density at radius 1 is 1.47 bits per heavy atom. The number of amides is 1. The summed E-state index contributed by atoms with van der Waals surface area (Å²) >= 11 is 0. The zero-order valence-corrected chi connectivity index (χ0v) is 10.2. The third-order valence-electron chi connectivity index (χ3n) is 1.47. The van der Waals surface area contributed by atoms with Gasteiger partial charge in [0.1, 0.15) is 5.60 Å². The molecular weight excluding hydrogens is 194 g/mol. The Bertz CT molecular complexity index is 218. The first-order valence-electron chi connectivity index (χ1n) is 5.00. The highest BCUT2D eigenvalue weighted by atomic mass is 16.6. The number of carbonyl (C=O) groups is 1. The van der Waals surface area contributed by atoms with Gasteiger partial charge in [0.2, 0.25) is 0 Å². The van der Waals surface area contributed by atoms with E-state index in [4.69, 9.17) is 9.47 Å². The predicted octanol–water partition coefficient (Wildman–Crippen LogP) is 2.10. The van der Waals surface area contributed by atoms with Gasteiger partial charge in [-0.25, -0.2) is 4.79 Å². The van der Waals surface area contributed by atoms with Crippen LogP contribution in [0.5, 0.6) is 0 Å². The smallest absolute Gasteiger partial charge is 0.408 e. The topological polar surface area (TPSA) is 47.6 Å². The zero-order valence-electron chi connectivity index (χ0n) is 10.2. The highest BCUT2D eigenvalue weighted by molar-refractivity contribution is 5.68. The fourth-order valence-electron chi connectivity index (χ4n) is 1.02. The quantitative estimate of drug-likeness (QED) is 0.730. The maximum absolute atomic E-state index is 11.4. The van der Waals surface area contributed by atoms with Gasteiger partial charge < -0.3 is 14.8 Å². The molecule has 0 aliphatic heterocycles. The van der Waals surface area contributed by atoms with Crippen molar-refractivity contribution >= 4 is 6.09 Å². The van der Waals surface area contributed by atoms with Crippen molar-refractivity contribution in [3.8, 4) is 0 Å². The first kappa shape index (κ1) is 14.0. The number of alkyl carbamates (subject to hydrolysis) is 1. The standard InChI is InChI=1S/C11H21NO3/c1-6-7-9(8-14-5)12-10(13)15-11(2,3)4/h6-7,9H,8H2,1-5H3,(H,12,13)/b7-6-/t9-/m0/s1. The summed E-state index contributed by atoms with van der Waals surface area (Å²) in [6, 6.07) is -0.144. The second-order valence-electron chi connectivity index (χ2n) is 4.23. The van der Waals surface area contributed by atoms with Gasteiger partial charge in [-0.2, -0.15) is 0 Å². The summed E-state index contributed by atoms with van der Waals surface area (Å²) < 4.78 is 10.1. The lowest BCUT2D eigenvalue weighted by atomic mass is 10.2. The van der Waals surface area contributed by atoms with Crippen molar-refractivity contribution in [3.63, 3.8) is 0 Å². The highest BCUT2D eigenvalue weighted by Crippen LogP contribution is 2.06. The van der Waals surface area contributed by atoms with Crippen LogP contribution in [0.2, 0.25) is 0 Å². The number of ether oxygens (including phenoxy) is 2. The van der Waals surface area contributed by atoms with Crippen LogP contribution in [0, 0.1) is 0 Å². The number of hydrogen-bond acceptors (Lipinski definition) is 3. The molecule has 0 aromatic heterocycles. The molecule has 15 heavy (non-hydrogen) atoms. The van der Waals surface area contributed by atoms with Crippen LogP contribution in [-0.2, 0) is 9.47 Å². The summed E-state index contributed by atoms with van der Waals surface area (Å²) in [6.45, 7) is 7.80. The number of hydrogen-bond donors (Lipinski definition) is 1. The minimum absolute atomic E-state index is 0.144. The van der Waals surface area contributed by atoms with Gasteiger partial charge in [-0.3, -0.25) is 0 Å². The predicted molar refractivity (Wildman–Crippen MR) is 59.8 cm³/mol. The molecule has 88 valence electrons. The van der Waals surface area contributed by atoms with Crippen molar-refractivity contribution in [2.45, 2.75) is 39.3 Å². The molecule has 0 rings (SSSR count). The second-order valence-corrected chi connectivity index (χ2v) is 4.23. The third kappa shape index (κ3) is 8.00. The van der Waals surface area contributed by atoms with E-state index >= 15 is 0 Å². The van der Waals surface area contributed by atoms with Gasteiger partial charge in [-0.1, -0.05) is 12.2 Å². The molecule has 0 aromatic carbocycles. The largest absolute Gasteiger partial charge is 0.444 e. The maximum Gasteiger partial charge on any atom is 0.408 e. The Labute approximate surface area is 91.6 Å². The lowest BCUT2D eigenvalue weighted by Gasteiger charge is -2.22. The SMILES string of the molecule is C/C=C\[C@@H](COC)NC(=O)OC(C)(C)C. The van der Waals surface area contributed by atoms with Crippen LogP contribution >= 0.6 is 0 Å². The molecule has 0 saturated carbocycles. The Kier molecular flexibility index (Phi) is 6.01. The van der Waals surface area contributed by atoms with E-state index in [1.165, 1.54) is 0 Å². The Morgan fingerprint density at radius 2 is 2.07 bits per heavy atom. The first-order chi connectivity index (χ1) is 6.89. The summed E-state index contributed by atoms with van der Waals surface area (Å²) in [5, 5.41) is 2.70. The number of allylic oxidation sites excluding steroid dienone is 1. The molecule has 0 unspecified atom stereocenters. The minimum Gasteiger partial charge on any atom is -0.444 e. The molecule has 4 nitrogen and oxygen atoms in total. The monoisotopic (exact) mass is 215 g/mol. The van der Waals surface area contributed by atoms with Crippen LogP contribution < -0.4 is 5.32 Å². The molecule has 0 saturated heterocycles. The van der Waals surface area contributed by atoms with E-state index < -0.39 is 11.7 Å². The van der Waals surface area contributed by atoms with Crippen LogP contribution in [0.15, 0.2) is 12.2 Å². The van der Waals surface area contributed by atoms with Crippen LogP contribution in [0.1, 0.15) is 27.7 Å². The van der Waals surface area contributed by atoms with Crippen molar-refractivity contribution in [1.82, 2.24) is 5.32 Å². The Morgan fingerprint density at radius 3 is 2.47 bits per heavy atom. The summed E-state index contributed by atoms with van der Waals surface area (Å²) in [7, 11) is 1.59. The molecule has 4 heteroatoms. The molecule has 0 aromatic rings. The Balaban J connectivity index is 4.11. The molecular formula is C11H21NO3. The van der Waals surface area contributed by atoms with Gasteiger partial charge in [0.05, 0.1) is 12.6 Å². The summed E-state index contributed by atoms with van der Waals surface area (Å²) in [4.78, 5) is 11.4. The van der Waals surface area contributed by atoms with Crippen molar-refractivity contribution in [2.24, 2.45) is 0 Å². The molecule has 1 amide bonds. The fourth-order valence-corrected chi connectivity index (χ4v) is 1.02. The lowest BCUT2D eigenvalue weighted by molar-refractivity contribution is 0.0488. The van der Waals surface area contributed by atoms with Crippen LogP contribution in [-0.4, -0.2) is 31.5 Å². The average molecular weight is 215 g/mol. The van der Waals surface area contributed by atoms with E-state index in [0.29, 0.717) is 6.61 Å². The van der Waals surface area contributed by atoms with E-state index in [1.54, 1.807) is 7.11 Å².